The summed E-state index contributed by atoms with van der Waals surface area (Å²) in [6, 6.07) is 2.11. The van der Waals surface area contributed by atoms with Crippen molar-refractivity contribution in [2.45, 2.75) is 52.9 Å². The molecule has 0 N–H and O–H groups in total. The third-order valence-corrected chi connectivity index (χ3v) is 3.92. The maximum absolute atomic E-state index is 11.3. The molecule has 4 nitrogen and oxygen atoms in total. The molecule has 1 aromatic rings. The van der Waals surface area contributed by atoms with Crippen molar-refractivity contribution in [3.63, 3.8) is 0 Å². The first-order valence-corrected chi connectivity index (χ1v) is 7.62. The van der Waals surface area contributed by atoms with E-state index in [-0.39, 0.29) is 11.8 Å². The van der Waals surface area contributed by atoms with Crippen molar-refractivity contribution in [2.75, 3.05) is 14.2 Å². The van der Waals surface area contributed by atoms with Crippen LogP contribution in [0.15, 0.2) is 6.07 Å². The predicted molar refractivity (Wildman–Crippen MR) is 86.4 cm³/mol. The fraction of sp³-hybridized carbons (Fsp3) is 0.556. The van der Waals surface area contributed by atoms with Crippen LogP contribution >= 0.6 is 0 Å². The average Bonchev–Trinajstić information content (AvgIpc) is 2.46. The summed E-state index contributed by atoms with van der Waals surface area (Å²) in [6.45, 7) is 5.66. The topological polar surface area (TPSA) is 52.6 Å². The number of methoxy groups -OCH3 is 2. The van der Waals surface area contributed by atoms with Crippen molar-refractivity contribution in [2.24, 2.45) is 0 Å². The van der Waals surface area contributed by atoms with Crippen LogP contribution in [0.1, 0.15) is 48.4 Å². The molecule has 0 heterocycles. The molecule has 0 atom stereocenters. The quantitative estimate of drug-likeness (QED) is 0.691. The Balaban J connectivity index is 3.01. The molecular weight excluding hydrogens is 280 g/mol. The van der Waals surface area contributed by atoms with Crippen molar-refractivity contribution in [3.05, 3.63) is 28.3 Å². The molecule has 0 fully saturated rings. The fourth-order valence-corrected chi connectivity index (χ4v) is 2.80. The van der Waals surface area contributed by atoms with Gasteiger partial charge in [0.2, 0.25) is 0 Å². The van der Waals surface area contributed by atoms with Gasteiger partial charge in [-0.25, -0.2) is 0 Å². The van der Waals surface area contributed by atoms with Gasteiger partial charge < -0.3 is 14.3 Å². The Morgan fingerprint density at radius 1 is 1.09 bits per heavy atom. The standard InChI is InChI=1S/C18H26O4/c1-12-11-15(7-6-8-17(20)21-4)16(10-9-13(2)19)14(3)18(12)22-5/h11H,6-10H2,1-5H3. The summed E-state index contributed by atoms with van der Waals surface area (Å²) in [4.78, 5) is 22.6. The van der Waals surface area contributed by atoms with Crippen molar-refractivity contribution in [1.82, 2.24) is 0 Å². The number of Topliss-reactive ketones (excluding diaryl/α,β-unsaturated/α-hetero) is 1. The highest BCUT2D eigenvalue weighted by atomic mass is 16.5. The molecule has 0 aromatic heterocycles. The Hall–Kier alpha value is -1.84. The number of ketones is 1. The Morgan fingerprint density at radius 3 is 2.32 bits per heavy atom. The van der Waals surface area contributed by atoms with Gasteiger partial charge in [-0.2, -0.15) is 0 Å². The summed E-state index contributed by atoms with van der Waals surface area (Å²) < 4.78 is 10.2. The molecule has 0 aliphatic heterocycles. The second kappa shape index (κ2) is 8.57. The van der Waals surface area contributed by atoms with Gasteiger partial charge in [0, 0.05) is 12.8 Å². The zero-order valence-electron chi connectivity index (χ0n) is 14.2. The molecule has 0 unspecified atom stereocenters. The molecule has 1 rings (SSSR count). The van der Waals surface area contributed by atoms with E-state index in [4.69, 9.17) is 4.74 Å². The van der Waals surface area contributed by atoms with E-state index >= 15 is 0 Å². The number of ether oxygens (including phenoxy) is 2. The Morgan fingerprint density at radius 2 is 1.77 bits per heavy atom. The first kappa shape index (κ1) is 18.2. The lowest BCUT2D eigenvalue weighted by Gasteiger charge is -2.18. The Bertz CT molecular complexity index is 547. The number of aryl methyl sites for hydroxylation is 2. The zero-order chi connectivity index (χ0) is 16.7. The predicted octanol–water partition coefficient (Wildman–Crippen LogP) is 3.33. The maximum atomic E-state index is 11.3. The van der Waals surface area contributed by atoms with Gasteiger partial charge in [0.15, 0.2) is 0 Å². The minimum atomic E-state index is -0.188. The van der Waals surface area contributed by atoms with E-state index in [0.717, 1.165) is 29.7 Å². The van der Waals surface area contributed by atoms with Gasteiger partial charge in [0.05, 0.1) is 14.2 Å². The lowest BCUT2D eigenvalue weighted by molar-refractivity contribution is -0.140. The summed E-state index contributed by atoms with van der Waals surface area (Å²) >= 11 is 0. The van der Waals surface area contributed by atoms with Crippen molar-refractivity contribution < 1.29 is 19.1 Å². The average molecular weight is 306 g/mol. The molecule has 1 aromatic carbocycles. The number of carbonyl (C=O) groups excluding carboxylic acids is 2. The number of hydrogen-bond acceptors (Lipinski definition) is 4. The van der Waals surface area contributed by atoms with Crippen LogP contribution in [-0.2, 0) is 27.2 Å². The van der Waals surface area contributed by atoms with Crippen LogP contribution < -0.4 is 4.74 Å². The number of carbonyl (C=O) groups is 2. The van der Waals surface area contributed by atoms with E-state index < -0.39 is 0 Å². The summed E-state index contributed by atoms with van der Waals surface area (Å²) in [5, 5.41) is 0. The monoisotopic (exact) mass is 306 g/mol. The van der Waals surface area contributed by atoms with E-state index in [2.05, 4.69) is 10.8 Å². The number of esters is 1. The molecule has 22 heavy (non-hydrogen) atoms. The Kier molecular flexibility index (Phi) is 7.09. The van der Waals surface area contributed by atoms with E-state index in [1.165, 1.54) is 18.2 Å². The fourth-order valence-electron chi connectivity index (χ4n) is 2.80. The van der Waals surface area contributed by atoms with E-state index in [1.54, 1.807) is 14.0 Å². The smallest absolute Gasteiger partial charge is 0.305 e. The highest BCUT2D eigenvalue weighted by Gasteiger charge is 2.14. The molecular formula is C18H26O4. The van der Waals surface area contributed by atoms with Gasteiger partial charge >= 0.3 is 5.97 Å². The summed E-state index contributed by atoms with van der Waals surface area (Å²) in [6.07, 6.45) is 3.19. The second-order valence-corrected chi connectivity index (χ2v) is 5.62. The molecule has 0 saturated carbocycles. The number of rotatable bonds is 8. The van der Waals surface area contributed by atoms with Crippen LogP contribution in [0.3, 0.4) is 0 Å². The third kappa shape index (κ3) is 4.86. The molecule has 0 aliphatic carbocycles. The number of benzene rings is 1. The van der Waals surface area contributed by atoms with Crippen molar-refractivity contribution >= 4 is 11.8 Å². The van der Waals surface area contributed by atoms with Gasteiger partial charge in [0.1, 0.15) is 11.5 Å². The highest BCUT2D eigenvalue weighted by Crippen LogP contribution is 2.31. The van der Waals surface area contributed by atoms with Crippen LogP contribution in [0.25, 0.3) is 0 Å². The van der Waals surface area contributed by atoms with Crippen LogP contribution in [0.2, 0.25) is 0 Å². The minimum absolute atomic E-state index is 0.180. The van der Waals surface area contributed by atoms with Gasteiger partial charge in [-0.3, -0.25) is 4.79 Å². The molecule has 122 valence electrons. The first-order valence-electron chi connectivity index (χ1n) is 7.62. The SMILES string of the molecule is COC(=O)CCCc1cc(C)c(OC)c(C)c1CCC(C)=O. The molecule has 0 amide bonds. The number of hydrogen-bond donors (Lipinski definition) is 0. The molecule has 0 radical (unpaired) electrons. The van der Waals surface area contributed by atoms with Gasteiger partial charge in [-0.05, 0) is 62.3 Å². The van der Waals surface area contributed by atoms with Gasteiger partial charge in [0.25, 0.3) is 0 Å². The summed E-state index contributed by atoms with van der Waals surface area (Å²) in [5.74, 6) is 0.877. The van der Waals surface area contributed by atoms with Crippen LogP contribution in [-0.4, -0.2) is 26.0 Å². The van der Waals surface area contributed by atoms with Gasteiger partial charge in [-0.1, -0.05) is 6.07 Å². The van der Waals surface area contributed by atoms with Crippen LogP contribution in [0.5, 0.6) is 5.75 Å². The molecule has 0 saturated heterocycles. The van der Waals surface area contributed by atoms with Crippen LogP contribution in [0, 0.1) is 13.8 Å². The largest absolute Gasteiger partial charge is 0.496 e. The highest BCUT2D eigenvalue weighted by molar-refractivity contribution is 5.76. The molecule has 0 spiro atoms. The van der Waals surface area contributed by atoms with E-state index in [1.807, 2.05) is 13.8 Å². The van der Waals surface area contributed by atoms with Gasteiger partial charge in [-0.15, -0.1) is 0 Å². The lowest BCUT2D eigenvalue weighted by atomic mass is 9.91. The molecule has 4 heteroatoms. The first-order chi connectivity index (χ1) is 10.4. The van der Waals surface area contributed by atoms with E-state index in [9.17, 15) is 9.59 Å². The maximum Gasteiger partial charge on any atom is 0.305 e. The van der Waals surface area contributed by atoms with E-state index in [0.29, 0.717) is 19.3 Å². The lowest BCUT2D eigenvalue weighted by Crippen LogP contribution is -2.06. The minimum Gasteiger partial charge on any atom is -0.496 e. The van der Waals surface area contributed by atoms with Crippen molar-refractivity contribution in [1.29, 1.82) is 0 Å². The molecule has 0 bridgehead atoms. The third-order valence-electron chi connectivity index (χ3n) is 3.92. The zero-order valence-corrected chi connectivity index (χ0v) is 14.2. The normalized spacial score (nSPS) is 10.4. The van der Waals surface area contributed by atoms with Crippen LogP contribution in [0.4, 0.5) is 0 Å². The summed E-state index contributed by atoms with van der Waals surface area (Å²) in [5.41, 5.74) is 4.54. The summed E-state index contributed by atoms with van der Waals surface area (Å²) in [7, 11) is 3.07. The second-order valence-electron chi connectivity index (χ2n) is 5.62. The van der Waals surface area contributed by atoms with Crippen molar-refractivity contribution in [3.8, 4) is 5.75 Å². The molecule has 0 aliphatic rings. The Labute approximate surface area is 132 Å².